The fraction of sp³-hybridized carbons (Fsp3) is 0.320. The largest absolute Gasteiger partial charge is 0.454 e. The van der Waals surface area contributed by atoms with E-state index in [1.807, 2.05) is 37.3 Å². The molecule has 178 valence electrons. The van der Waals surface area contributed by atoms with Crippen LogP contribution in [0.1, 0.15) is 29.3 Å². The Morgan fingerprint density at radius 1 is 1.15 bits per heavy atom. The summed E-state index contributed by atoms with van der Waals surface area (Å²) < 4.78 is 12.6. The molecule has 0 saturated carbocycles. The highest BCUT2D eigenvalue weighted by Crippen LogP contribution is 2.35. The van der Waals surface area contributed by atoms with Gasteiger partial charge in [0.15, 0.2) is 11.5 Å². The molecule has 2 aromatic carbocycles. The molecule has 1 aliphatic heterocycles. The topological polar surface area (TPSA) is 119 Å². The van der Waals surface area contributed by atoms with E-state index in [4.69, 9.17) is 9.47 Å². The van der Waals surface area contributed by atoms with Crippen LogP contribution in [0.5, 0.6) is 11.5 Å². The summed E-state index contributed by atoms with van der Waals surface area (Å²) in [6.45, 7) is 2.40. The number of benzene rings is 2. The van der Waals surface area contributed by atoms with Gasteiger partial charge in [0, 0.05) is 31.8 Å². The molecule has 1 atom stereocenters. The van der Waals surface area contributed by atoms with Gasteiger partial charge in [-0.25, -0.2) is 0 Å². The second kappa shape index (κ2) is 10.4. The lowest BCUT2D eigenvalue weighted by Crippen LogP contribution is -2.40. The van der Waals surface area contributed by atoms with Crippen molar-refractivity contribution in [3.05, 3.63) is 70.0 Å². The van der Waals surface area contributed by atoms with Crippen LogP contribution in [0, 0.1) is 0 Å². The number of pyridine rings is 1. The molecule has 9 nitrogen and oxygen atoms in total. The van der Waals surface area contributed by atoms with Gasteiger partial charge in [-0.2, -0.15) is 0 Å². The highest BCUT2D eigenvalue weighted by molar-refractivity contribution is 5.98. The smallest absolute Gasteiger partial charge is 0.256 e. The molecule has 34 heavy (non-hydrogen) atoms. The highest BCUT2D eigenvalue weighted by atomic mass is 16.7. The summed E-state index contributed by atoms with van der Waals surface area (Å²) in [5.74, 6) is 0.177. The van der Waals surface area contributed by atoms with E-state index in [0.717, 1.165) is 5.56 Å². The number of carbonyl (C=O) groups excluding carboxylic acids is 2. The number of amides is 2. The number of aryl methyl sites for hydroxylation is 1. The van der Waals surface area contributed by atoms with E-state index >= 15 is 0 Å². The summed E-state index contributed by atoms with van der Waals surface area (Å²) in [5, 5.41) is 15.4. The zero-order valence-corrected chi connectivity index (χ0v) is 18.9. The molecule has 4 rings (SSSR count). The van der Waals surface area contributed by atoms with Crippen molar-refractivity contribution in [3.8, 4) is 11.5 Å². The lowest BCUT2D eigenvalue weighted by atomic mass is 10.1. The molecule has 3 aromatic rings. The number of nitrogens with zero attached hydrogens (tertiary/aromatic N) is 1. The molecule has 1 aliphatic rings. The average molecular weight is 466 g/mol. The summed E-state index contributed by atoms with van der Waals surface area (Å²) in [6.07, 6.45) is 2.04. The number of carbonyl (C=O) groups is 2. The first-order valence-electron chi connectivity index (χ1n) is 11.2. The van der Waals surface area contributed by atoms with Gasteiger partial charge in [0.25, 0.3) is 5.91 Å². The first-order chi connectivity index (χ1) is 16.5. The quantitative estimate of drug-likeness (QED) is 0.442. The Morgan fingerprint density at radius 3 is 2.59 bits per heavy atom. The van der Waals surface area contributed by atoms with Gasteiger partial charge < -0.3 is 29.8 Å². The monoisotopic (exact) mass is 465 g/mol. The van der Waals surface area contributed by atoms with E-state index in [1.165, 1.54) is 6.20 Å². The van der Waals surface area contributed by atoms with Crippen molar-refractivity contribution in [3.63, 3.8) is 0 Å². The molecule has 2 heterocycles. The van der Waals surface area contributed by atoms with Crippen LogP contribution in [0.3, 0.4) is 0 Å². The van der Waals surface area contributed by atoms with Crippen LogP contribution in [0.25, 0.3) is 10.9 Å². The number of fused-ring (bicyclic) bond motifs is 2. The Bertz CT molecular complexity index is 1250. The third-order valence-corrected chi connectivity index (χ3v) is 5.71. The molecule has 9 heteroatoms. The molecule has 2 amide bonds. The summed E-state index contributed by atoms with van der Waals surface area (Å²) in [4.78, 5) is 38.1. The Kier molecular flexibility index (Phi) is 7.12. The van der Waals surface area contributed by atoms with Crippen LogP contribution in [0.4, 0.5) is 0 Å². The highest BCUT2D eigenvalue weighted by Gasteiger charge is 2.21. The Labute approximate surface area is 196 Å². The maximum absolute atomic E-state index is 13.0. The molecule has 0 saturated heterocycles. The van der Waals surface area contributed by atoms with Gasteiger partial charge in [-0.05, 0) is 25.0 Å². The van der Waals surface area contributed by atoms with Gasteiger partial charge in [-0.15, -0.1) is 0 Å². The first-order valence-corrected chi connectivity index (χ1v) is 11.2. The van der Waals surface area contributed by atoms with Crippen molar-refractivity contribution in [1.82, 2.24) is 15.2 Å². The third-order valence-electron chi connectivity index (χ3n) is 5.71. The molecule has 0 aliphatic carbocycles. The lowest BCUT2D eigenvalue weighted by molar-refractivity contribution is -0.121. The van der Waals surface area contributed by atoms with Gasteiger partial charge in [-0.3, -0.25) is 14.4 Å². The predicted molar refractivity (Wildman–Crippen MR) is 126 cm³/mol. The van der Waals surface area contributed by atoms with Crippen LogP contribution in [-0.4, -0.2) is 47.5 Å². The summed E-state index contributed by atoms with van der Waals surface area (Å²) >= 11 is 0. The van der Waals surface area contributed by atoms with Crippen molar-refractivity contribution in [2.24, 2.45) is 0 Å². The number of aromatic nitrogens is 1. The zero-order chi connectivity index (χ0) is 24.1. The molecular formula is C25H27N3O6. The van der Waals surface area contributed by atoms with Gasteiger partial charge in [0.05, 0.1) is 23.6 Å². The van der Waals surface area contributed by atoms with Crippen molar-refractivity contribution in [2.45, 2.75) is 32.4 Å². The van der Waals surface area contributed by atoms with Gasteiger partial charge in [-0.1, -0.05) is 30.3 Å². The summed E-state index contributed by atoms with van der Waals surface area (Å²) in [5.41, 5.74) is 1.23. The molecule has 0 unspecified atom stereocenters. The fourth-order valence-electron chi connectivity index (χ4n) is 3.95. The Hall–Kier alpha value is -3.85. The second-order valence-electron chi connectivity index (χ2n) is 8.02. The predicted octanol–water partition coefficient (Wildman–Crippen LogP) is 1.59. The minimum absolute atomic E-state index is 0.00839. The van der Waals surface area contributed by atoms with Gasteiger partial charge in [0.2, 0.25) is 18.1 Å². The number of aliphatic hydroxyl groups excluding tert-OH is 1. The van der Waals surface area contributed by atoms with E-state index in [9.17, 15) is 19.5 Å². The minimum atomic E-state index is -0.553. The van der Waals surface area contributed by atoms with Crippen molar-refractivity contribution >= 4 is 22.7 Å². The van der Waals surface area contributed by atoms with Gasteiger partial charge >= 0.3 is 0 Å². The van der Waals surface area contributed by atoms with E-state index < -0.39 is 17.4 Å². The molecule has 0 radical (unpaired) electrons. The van der Waals surface area contributed by atoms with Crippen LogP contribution < -0.4 is 25.5 Å². The third kappa shape index (κ3) is 5.04. The van der Waals surface area contributed by atoms with Crippen LogP contribution in [-0.2, 0) is 17.8 Å². The average Bonchev–Trinajstić information content (AvgIpc) is 3.31. The van der Waals surface area contributed by atoms with Crippen molar-refractivity contribution in [1.29, 1.82) is 0 Å². The number of nitrogens with one attached hydrogen (secondary N) is 2. The fourth-order valence-corrected chi connectivity index (χ4v) is 3.95. The van der Waals surface area contributed by atoms with E-state index in [1.54, 1.807) is 16.7 Å². The normalized spacial score (nSPS) is 13.0. The Balaban J connectivity index is 1.39. The second-order valence-corrected chi connectivity index (χ2v) is 8.02. The van der Waals surface area contributed by atoms with Crippen LogP contribution in [0.2, 0.25) is 0 Å². The molecular weight excluding hydrogens is 438 g/mol. The van der Waals surface area contributed by atoms with Crippen LogP contribution in [0.15, 0.2) is 53.5 Å². The molecule has 1 aromatic heterocycles. The van der Waals surface area contributed by atoms with E-state index in [0.29, 0.717) is 35.4 Å². The molecule has 0 spiro atoms. The molecule has 0 bridgehead atoms. The molecule has 0 fully saturated rings. The number of aliphatic hydroxyl groups is 1. The number of hydrogen-bond acceptors (Lipinski definition) is 6. The number of hydrogen-bond donors (Lipinski definition) is 3. The maximum atomic E-state index is 13.0. The van der Waals surface area contributed by atoms with Crippen molar-refractivity contribution in [2.75, 3.05) is 19.9 Å². The van der Waals surface area contributed by atoms with Crippen molar-refractivity contribution < 1.29 is 24.2 Å². The van der Waals surface area contributed by atoms with E-state index in [-0.39, 0.29) is 37.8 Å². The van der Waals surface area contributed by atoms with Gasteiger partial charge in [0.1, 0.15) is 5.56 Å². The standard InChI is InChI=1S/C25H27N3O6/c1-2-28-13-19(24(31)18-11-21-22(12-20(18)28)34-15-33-21)25(32)26-9-8-23(30)27-17(14-29)10-16-6-4-3-5-7-16/h3-7,11-13,17,29H,2,8-10,14-15H2,1H3,(H,26,32)(H,27,30)/t17-/m0/s1. The maximum Gasteiger partial charge on any atom is 0.256 e. The minimum Gasteiger partial charge on any atom is -0.454 e. The molecule has 3 N–H and O–H groups in total. The van der Waals surface area contributed by atoms with E-state index in [2.05, 4.69) is 10.6 Å². The SMILES string of the molecule is CCn1cc(C(=O)NCCC(=O)N[C@H](CO)Cc2ccccc2)c(=O)c2cc3c(cc21)OCO3. The number of rotatable bonds is 9. The Morgan fingerprint density at radius 2 is 1.88 bits per heavy atom. The summed E-state index contributed by atoms with van der Waals surface area (Å²) in [7, 11) is 0. The summed E-state index contributed by atoms with van der Waals surface area (Å²) in [6, 6.07) is 12.5. The number of ether oxygens (including phenoxy) is 2. The van der Waals surface area contributed by atoms with Crippen LogP contribution >= 0.6 is 0 Å². The zero-order valence-electron chi connectivity index (χ0n) is 18.9. The first kappa shape index (κ1) is 23.3. The lowest BCUT2D eigenvalue weighted by Gasteiger charge is -2.16.